The number of hydrogen-bond acceptors (Lipinski definition) is 5. The molecule has 1 atom stereocenters. The zero-order chi connectivity index (χ0) is 24.1. The molecule has 32 heavy (non-hydrogen) atoms. The number of rotatable bonds is 10. The van der Waals surface area contributed by atoms with Gasteiger partial charge in [-0.1, -0.05) is 30.7 Å². The number of nitrogens with one attached hydrogen (secondary N) is 3. The average molecular weight is 452 g/mol. The highest BCUT2D eigenvalue weighted by Crippen LogP contribution is 2.20. The number of aryl methyl sites for hydroxylation is 3. The fourth-order valence-corrected chi connectivity index (χ4v) is 3.55. The third-order valence-corrected chi connectivity index (χ3v) is 5.17. The molecule has 5 N–H and O–H groups in total. The molecular formula is C24H35F2N3O3. The van der Waals surface area contributed by atoms with Crippen molar-refractivity contribution in [3.05, 3.63) is 69.8 Å². The average Bonchev–Trinajstić information content (AvgIpc) is 2.75. The van der Waals surface area contributed by atoms with Crippen molar-refractivity contribution in [1.29, 1.82) is 0 Å². The Morgan fingerprint density at radius 2 is 1.56 bits per heavy atom. The predicted molar refractivity (Wildman–Crippen MR) is 121 cm³/mol. The van der Waals surface area contributed by atoms with Crippen molar-refractivity contribution in [2.75, 3.05) is 13.6 Å². The van der Waals surface area contributed by atoms with E-state index in [1.54, 1.807) is 49.9 Å². The molecule has 0 bridgehead atoms. The summed E-state index contributed by atoms with van der Waals surface area (Å²) >= 11 is 0. The molecule has 6 nitrogen and oxygen atoms in total. The van der Waals surface area contributed by atoms with E-state index in [1.807, 2.05) is 6.07 Å². The SMILES string of the molecule is CNO.Cc1cc(CNCCCC[C@@H](Cc2cc(C)c(F)c(C)c2)C(=O)NO)ccc1F. The Morgan fingerprint density at radius 3 is 2.12 bits per heavy atom. The van der Waals surface area contributed by atoms with Crippen LogP contribution >= 0.6 is 0 Å². The summed E-state index contributed by atoms with van der Waals surface area (Å²) in [4.78, 5) is 12.0. The first kappa shape index (κ1) is 27.6. The van der Waals surface area contributed by atoms with E-state index in [4.69, 9.17) is 10.4 Å². The molecule has 0 radical (unpaired) electrons. The zero-order valence-electron chi connectivity index (χ0n) is 19.3. The van der Waals surface area contributed by atoms with Gasteiger partial charge in [-0.25, -0.2) is 19.7 Å². The molecule has 0 spiro atoms. The summed E-state index contributed by atoms with van der Waals surface area (Å²) < 4.78 is 27.1. The smallest absolute Gasteiger partial charge is 0.246 e. The van der Waals surface area contributed by atoms with Gasteiger partial charge in [0.1, 0.15) is 11.6 Å². The van der Waals surface area contributed by atoms with Gasteiger partial charge in [0.2, 0.25) is 5.91 Å². The number of benzene rings is 2. The molecule has 0 heterocycles. The third kappa shape index (κ3) is 9.40. The van der Waals surface area contributed by atoms with E-state index >= 15 is 0 Å². The summed E-state index contributed by atoms with van der Waals surface area (Å²) in [6.07, 6.45) is 2.76. The molecule has 0 saturated carbocycles. The van der Waals surface area contributed by atoms with Gasteiger partial charge in [-0.05, 0) is 80.5 Å². The molecule has 0 saturated heterocycles. The van der Waals surface area contributed by atoms with Crippen LogP contribution < -0.4 is 16.3 Å². The minimum atomic E-state index is -0.417. The lowest BCUT2D eigenvalue weighted by Crippen LogP contribution is -2.29. The van der Waals surface area contributed by atoms with E-state index in [0.29, 0.717) is 36.1 Å². The zero-order valence-corrected chi connectivity index (χ0v) is 19.3. The summed E-state index contributed by atoms with van der Waals surface area (Å²) in [6, 6.07) is 8.59. The van der Waals surface area contributed by atoms with Gasteiger partial charge in [0.05, 0.1) is 0 Å². The van der Waals surface area contributed by atoms with E-state index in [-0.39, 0.29) is 17.6 Å². The molecule has 0 unspecified atom stereocenters. The molecular weight excluding hydrogens is 416 g/mol. The van der Waals surface area contributed by atoms with E-state index in [2.05, 4.69) is 5.32 Å². The number of halogens is 2. The van der Waals surface area contributed by atoms with Crippen molar-refractivity contribution in [1.82, 2.24) is 16.3 Å². The topological polar surface area (TPSA) is 93.6 Å². The Morgan fingerprint density at radius 1 is 0.969 bits per heavy atom. The number of unbranched alkanes of at least 4 members (excludes halogenated alkanes) is 1. The second-order valence-corrected chi connectivity index (χ2v) is 7.90. The van der Waals surface area contributed by atoms with Crippen LogP contribution in [-0.2, 0) is 17.8 Å². The van der Waals surface area contributed by atoms with Crippen LogP contribution in [0.5, 0.6) is 0 Å². The van der Waals surface area contributed by atoms with Crippen LogP contribution in [-0.4, -0.2) is 29.9 Å². The van der Waals surface area contributed by atoms with Crippen LogP contribution in [0, 0.1) is 38.3 Å². The quantitative estimate of drug-likeness (QED) is 0.213. The molecule has 0 aliphatic rings. The van der Waals surface area contributed by atoms with E-state index < -0.39 is 5.91 Å². The van der Waals surface area contributed by atoms with Gasteiger partial charge in [-0.3, -0.25) is 10.0 Å². The fourth-order valence-electron chi connectivity index (χ4n) is 3.55. The Labute approximate surface area is 189 Å². The van der Waals surface area contributed by atoms with Crippen molar-refractivity contribution in [3.8, 4) is 0 Å². The Balaban J connectivity index is 0.00000161. The summed E-state index contributed by atoms with van der Waals surface area (Å²) in [6.45, 7) is 6.60. The number of carbonyl (C=O) groups excluding carboxylic acids is 1. The molecule has 0 aliphatic heterocycles. The molecule has 8 heteroatoms. The van der Waals surface area contributed by atoms with Crippen LogP contribution in [0.4, 0.5) is 8.78 Å². The maximum atomic E-state index is 13.8. The first-order valence-electron chi connectivity index (χ1n) is 10.7. The first-order chi connectivity index (χ1) is 15.2. The van der Waals surface area contributed by atoms with E-state index in [1.165, 1.54) is 13.1 Å². The molecule has 178 valence electrons. The van der Waals surface area contributed by atoms with Crippen LogP contribution in [0.1, 0.15) is 47.1 Å². The van der Waals surface area contributed by atoms with Crippen LogP contribution in [0.3, 0.4) is 0 Å². The van der Waals surface area contributed by atoms with Crippen LogP contribution in [0.15, 0.2) is 30.3 Å². The number of carbonyl (C=O) groups is 1. The molecule has 0 aliphatic carbocycles. The minimum absolute atomic E-state index is 0.200. The minimum Gasteiger partial charge on any atom is -0.317 e. The van der Waals surface area contributed by atoms with Crippen molar-refractivity contribution < 1.29 is 24.0 Å². The largest absolute Gasteiger partial charge is 0.317 e. The predicted octanol–water partition coefficient (Wildman–Crippen LogP) is 4.11. The van der Waals surface area contributed by atoms with Gasteiger partial charge in [-0.15, -0.1) is 0 Å². The number of amides is 1. The van der Waals surface area contributed by atoms with Crippen LogP contribution in [0.25, 0.3) is 0 Å². The van der Waals surface area contributed by atoms with Crippen molar-refractivity contribution in [3.63, 3.8) is 0 Å². The first-order valence-corrected chi connectivity index (χ1v) is 10.7. The normalized spacial score (nSPS) is 11.5. The highest BCUT2D eigenvalue weighted by molar-refractivity contribution is 5.77. The maximum Gasteiger partial charge on any atom is 0.246 e. The summed E-state index contributed by atoms with van der Waals surface area (Å²) in [5.41, 5.74) is 7.17. The molecule has 2 aromatic carbocycles. The van der Waals surface area contributed by atoms with Gasteiger partial charge >= 0.3 is 0 Å². The van der Waals surface area contributed by atoms with Crippen molar-refractivity contribution >= 4 is 5.91 Å². The van der Waals surface area contributed by atoms with Gasteiger partial charge in [-0.2, -0.15) is 0 Å². The summed E-state index contributed by atoms with van der Waals surface area (Å²) in [5, 5.41) is 19.7. The monoisotopic (exact) mass is 451 g/mol. The molecule has 0 fully saturated rings. The third-order valence-electron chi connectivity index (χ3n) is 5.17. The van der Waals surface area contributed by atoms with Crippen molar-refractivity contribution in [2.45, 2.75) is 53.0 Å². The summed E-state index contributed by atoms with van der Waals surface area (Å²) in [7, 11) is 1.43. The lowest BCUT2D eigenvalue weighted by Gasteiger charge is -2.16. The standard InChI is InChI=1S/C23H30F2N2O2.CH5NO/c1-15-10-18(7-8-21(15)24)14-26-9-5-4-6-20(23(28)27-29)13-19-11-16(2)22(25)17(3)12-19;1-2-3/h7-8,10-12,20,26,29H,4-6,9,13-14H2,1-3H3,(H,27,28);2-3H,1H3/t20-;/m0./s1. The maximum absolute atomic E-state index is 13.8. The Bertz CT molecular complexity index is 839. The van der Waals surface area contributed by atoms with Crippen LogP contribution in [0.2, 0.25) is 0 Å². The number of hydrogen-bond donors (Lipinski definition) is 5. The Kier molecular flexibility index (Phi) is 12.6. The fraction of sp³-hybridized carbons (Fsp3) is 0.458. The second-order valence-electron chi connectivity index (χ2n) is 7.90. The summed E-state index contributed by atoms with van der Waals surface area (Å²) in [5.74, 6) is -1.21. The van der Waals surface area contributed by atoms with E-state index in [0.717, 1.165) is 30.5 Å². The molecule has 1 amide bonds. The van der Waals surface area contributed by atoms with Gasteiger partial charge in [0.25, 0.3) is 0 Å². The van der Waals surface area contributed by atoms with Crippen molar-refractivity contribution in [2.24, 2.45) is 5.92 Å². The highest BCUT2D eigenvalue weighted by Gasteiger charge is 2.19. The molecule has 2 rings (SSSR count). The molecule has 2 aromatic rings. The van der Waals surface area contributed by atoms with E-state index in [9.17, 15) is 13.6 Å². The lowest BCUT2D eigenvalue weighted by molar-refractivity contribution is -0.133. The van der Waals surface area contributed by atoms with Gasteiger partial charge in [0.15, 0.2) is 0 Å². The van der Waals surface area contributed by atoms with Gasteiger partial charge < -0.3 is 10.5 Å². The molecule has 0 aromatic heterocycles. The second kappa shape index (κ2) is 14.6. The Hall–Kier alpha value is -2.39. The number of hydroxylamine groups is 2. The van der Waals surface area contributed by atoms with Gasteiger partial charge in [0, 0.05) is 19.5 Å². The highest BCUT2D eigenvalue weighted by atomic mass is 19.1. The lowest BCUT2D eigenvalue weighted by atomic mass is 9.91.